The van der Waals surface area contributed by atoms with Crippen LogP contribution in [0.2, 0.25) is 0 Å². The summed E-state index contributed by atoms with van der Waals surface area (Å²) in [6, 6.07) is 9.58. The number of carbonyl (C=O) groups excluding carboxylic acids is 1. The van der Waals surface area contributed by atoms with E-state index in [9.17, 15) is 37.3 Å². The lowest BCUT2D eigenvalue weighted by Gasteiger charge is -2.35. The van der Waals surface area contributed by atoms with Crippen LogP contribution in [0.1, 0.15) is 29.2 Å². The van der Waals surface area contributed by atoms with Crippen LogP contribution in [0, 0.1) is 51.7 Å². The fourth-order valence-electron chi connectivity index (χ4n) is 4.12. The third kappa shape index (κ3) is 3.33. The van der Waals surface area contributed by atoms with Gasteiger partial charge in [0, 0.05) is 6.20 Å². The van der Waals surface area contributed by atoms with Crippen LogP contribution in [0.25, 0.3) is 6.08 Å². The molecule has 2 aliphatic heterocycles. The van der Waals surface area contributed by atoms with E-state index in [1.807, 2.05) is 30.3 Å². The predicted octanol–water partition coefficient (Wildman–Crippen LogP) is 4.19. The van der Waals surface area contributed by atoms with Crippen LogP contribution >= 0.6 is 0 Å². The second-order valence-corrected chi connectivity index (χ2v) is 7.41. The standard InChI is InChI=1S/C22H13F5N4O2/c23-16-13(17(24)19(26)20(27)18(16)25)8-33-21(32)30-15-7-14-12-4-2-1-3-11(12)5-6-31(14)22(15,9-28)10-29/h1-6,14-15H,7-8H2,(H,30,32)/t14-,15+/m0/s1. The summed E-state index contributed by atoms with van der Waals surface area (Å²) in [5, 5.41) is 21.9. The number of halogens is 5. The molecule has 2 heterocycles. The fraction of sp³-hybridized carbons (Fsp3) is 0.227. The van der Waals surface area contributed by atoms with Crippen molar-refractivity contribution < 1.29 is 31.5 Å². The van der Waals surface area contributed by atoms with Crippen LogP contribution in [0.15, 0.2) is 30.5 Å². The minimum Gasteiger partial charge on any atom is -0.444 e. The normalized spacial score (nSPS) is 19.8. The summed E-state index contributed by atoms with van der Waals surface area (Å²) < 4.78 is 72.1. The van der Waals surface area contributed by atoms with Gasteiger partial charge in [-0.2, -0.15) is 10.5 Å². The molecular formula is C22H13F5N4O2. The second kappa shape index (κ2) is 8.10. The van der Waals surface area contributed by atoms with Crippen molar-refractivity contribution in [2.75, 3.05) is 0 Å². The summed E-state index contributed by atoms with van der Waals surface area (Å²) in [5.74, 6) is -10.9. The van der Waals surface area contributed by atoms with Crippen molar-refractivity contribution in [3.05, 3.63) is 76.2 Å². The topological polar surface area (TPSA) is 89.2 Å². The number of nitrogens with one attached hydrogen (secondary N) is 1. The Kier molecular flexibility index (Phi) is 5.42. The summed E-state index contributed by atoms with van der Waals surface area (Å²) >= 11 is 0. The number of benzene rings is 2. The molecule has 2 atom stereocenters. The Labute approximate surface area is 184 Å². The van der Waals surface area contributed by atoms with Gasteiger partial charge in [0.05, 0.1) is 17.6 Å². The third-order valence-corrected chi connectivity index (χ3v) is 5.76. The third-order valence-electron chi connectivity index (χ3n) is 5.76. The quantitative estimate of drug-likeness (QED) is 0.422. The van der Waals surface area contributed by atoms with Crippen LogP contribution in [0.4, 0.5) is 26.7 Å². The molecule has 0 aliphatic carbocycles. The summed E-state index contributed by atoms with van der Waals surface area (Å²) in [6.45, 7) is -1.26. The minimum absolute atomic E-state index is 0.125. The van der Waals surface area contributed by atoms with Gasteiger partial charge < -0.3 is 15.0 Å². The first-order chi connectivity index (χ1) is 15.7. The maximum absolute atomic E-state index is 13.8. The van der Waals surface area contributed by atoms with E-state index < -0.39 is 65.0 Å². The maximum Gasteiger partial charge on any atom is 0.407 e. The molecule has 1 fully saturated rings. The number of nitriles is 2. The van der Waals surface area contributed by atoms with Gasteiger partial charge in [-0.15, -0.1) is 0 Å². The van der Waals surface area contributed by atoms with E-state index in [1.54, 1.807) is 18.3 Å². The molecule has 0 aromatic heterocycles. The molecule has 0 bridgehead atoms. The molecule has 0 unspecified atom stereocenters. The average Bonchev–Trinajstić information content (AvgIpc) is 3.14. The zero-order chi connectivity index (χ0) is 23.9. The molecule has 6 nitrogen and oxygen atoms in total. The van der Waals surface area contributed by atoms with E-state index in [1.165, 1.54) is 4.90 Å². The fourth-order valence-corrected chi connectivity index (χ4v) is 4.12. The number of carbonyl (C=O) groups is 1. The minimum atomic E-state index is -2.33. The highest BCUT2D eigenvalue weighted by Gasteiger charge is 2.56. The molecule has 0 spiro atoms. The van der Waals surface area contributed by atoms with Gasteiger partial charge in [-0.05, 0) is 23.6 Å². The number of ether oxygens (including phenoxy) is 1. The first kappa shape index (κ1) is 22.1. The van der Waals surface area contributed by atoms with Crippen LogP contribution in [-0.4, -0.2) is 22.6 Å². The second-order valence-electron chi connectivity index (χ2n) is 7.41. The maximum atomic E-state index is 13.8. The molecule has 11 heteroatoms. The number of rotatable bonds is 3. The molecular weight excluding hydrogens is 447 g/mol. The van der Waals surface area contributed by atoms with Crippen LogP contribution < -0.4 is 5.32 Å². The largest absolute Gasteiger partial charge is 0.444 e. The lowest BCUT2D eigenvalue weighted by molar-refractivity contribution is 0.128. The summed E-state index contributed by atoms with van der Waals surface area (Å²) in [7, 11) is 0. The Hall–Kier alpha value is -4.12. The van der Waals surface area contributed by atoms with Gasteiger partial charge in [0.1, 0.15) is 18.7 Å². The van der Waals surface area contributed by atoms with E-state index in [-0.39, 0.29) is 6.42 Å². The first-order valence-corrected chi connectivity index (χ1v) is 9.56. The zero-order valence-corrected chi connectivity index (χ0v) is 16.6. The van der Waals surface area contributed by atoms with Crippen LogP contribution in [0.5, 0.6) is 0 Å². The number of amides is 1. The Morgan fingerprint density at radius 2 is 1.67 bits per heavy atom. The van der Waals surface area contributed by atoms with Gasteiger partial charge in [-0.3, -0.25) is 0 Å². The van der Waals surface area contributed by atoms with E-state index in [0.717, 1.165) is 11.1 Å². The monoisotopic (exact) mass is 460 g/mol. The highest BCUT2D eigenvalue weighted by atomic mass is 19.2. The SMILES string of the molecule is N#CC1(C#N)[C@H](NC(=O)OCc2c(F)c(F)c(F)c(F)c2F)C[C@H]2c3ccccc3C=CN21. The van der Waals surface area contributed by atoms with Gasteiger partial charge in [-0.25, -0.2) is 26.7 Å². The van der Waals surface area contributed by atoms with Gasteiger partial charge in [0.25, 0.3) is 0 Å². The lowest BCUT2D eigenvalue weighted by atomic mass is 9.94. The molecule has 2 aromatic carbocycles. The van der Waals surface area contributed by atoms with Crippen molar-refractivity contribution in [2.24, 2.45) is 0 Å². The Balaban J connectivity index is 1.55. The summed E-state index contributed by atoms with van der Waals surface area (Å²) in [5.41, 5.74) is -1.45. The number of fused-ring (bicyclic) bond motifs is 3. The van der Waals surface area contributed by atoms with Gasteiger partial charge >= 0.3 is 6.09 Å². The number of hydrogen-bond acceptors (Lipinski definition) is 5. The van der Waals surface area contributed by atoms with Crippen molar-refractivity contribution >= 4 is 12.2 Å². The predicted molar refractivity (Wildman–Crippen MR) is 102 cm³/mol. The van der Waals surface area contributed by atoms with Crippen molar-refractivity contribution in [1.82, 2.24) is 10.2 Å². The van der Waals surface area contributed by atoms with E-state index in [4.69, 9.17) is 0 Å². The lowest BCUT2D eigenvalue weighted by Crippen LogP contribution is -2.53. The Bertz CT molecular complexity index is 1220. The number of nitrogens with zero attached hydrogens (tertiary/aromatic N) is 3. The average molecular weight is 460 g/mol. The molecule has 1 N–H and O–H groups in total. The highest BCUT2D eigenvalue weighted by molar-refractivity contribution is 5.69. The van der Waals surface area contributed by atoms with Crippen LogP contribution in [-0.2, 0) is 11.3 Å². The van der Waals surface area contributed by atoms with Crippen LogP contribution in [0.3, 0.4) is 0 Å². The van der Waals surface area contributed by atoms with Crippen molar-refractivity contribution in [3.8, 4) is 12.1 Å². The molecule has 4 rings (SSSR count). The summed E-state index contributed by atoms with van der Waals surface area (Å²) in [6.07, 6.45) is 2.12. The molecule has 168 valence electrons. The molecule has 1 saturated heterocycles. The van der Waals surface area contributed by atoms with E-state index in [2.05, 4.69) is 10.1 Å². The Morgan fingerprint density at radius 3 is 2.30 bits per heavy atom. The van der Waals surface area contributed by atoms with Gasteiger partial charge in [0.2, 0.25) is 11.4 Å². The van der Waals surface area contributed by atoms with Crippen molar-refractivity contribution in [3.63, 3.8) is 0 Å². The Morgan fingerprint density at radius 1 is 1.06 bits per heavy atom. The number of alkyl carbamates (subject to hydrolysis) is 1. The van der Waals surface area contributed by atoms with Crippen molar-refractivity contribution in [2.45, 2.75) is 30.7 Å². The molecule has 0 saturated carbocycles. The molecule has 1 amide bonds. The zero-order valence-electron chi connectivity index (χ0n) is 16.6. The summed E-state index contributed by atoms with van der Waals surface area (Å²) in [4.78, 5) is 13.8. The van der Waals surface area contributed by atoms with E-state index >= 15 is 0 Å². The van der Waals surface area contributed by atoms with E-state index in [0.29, 0.717) is 0 Å². The first-order valence-electron chi connectivity index (χ1n) is 9.56. The molecule has 33 heavy (non-hydrogen) atoms. The van der Waals surface area contributed by atoms with Gasteiger partial charge in [0.15, 0.2) is 23.3 Å². The molecule has 0 radical (unpaired) electrons. The van der Waals surface area contributed by atoms with Crippen molar-refractivity contribution in [1.29, 1.82) is 10.5 Å². The van der Waals surface area contributed by atoms with Gasteiger partial charge in [-0.1, -0.05) is 24.3 Å². The molecule has 2 aromatic rings. The highest BCUT2D eigenvalue weighted by Crippen LogP contribution is 2.46. The number of hydrogen-bond donors (Lipinski definition) is 1. The molecule has 2 aliphatic rings. The smallest absolute Gasteiger partial charge is 0.407 e.